The molecule has 49 heavy (non-hydrogen) atoms. The molecule has 0 spiro atoms. The van der Waals surface area contributed by atoms with Gasteiger partial charge in [0, 0.05) is 6.42 Å². The zero-order valence-corrected chi connectivity index (χ0v) is 31.0. The van der Waals surface area contributed by atoms with Crippen molar-refractivity contribution in [3.05, 3.63) is 35.9 Å². The molecule has 4 N–H and O–H groups in total. The van der Waals surface area contributed by atoms with Crippen molar-refractivity contribution in [3.63, 3.8) is 0 Å². The quantitative estimate of drug-likeness (QED) is 0.167. The molecule has 1 aromatic rings. The Kier molecular flexibility index (Phi) is 15.7. The van der Waals surface area contributed by atoms with E-state index in [0.29, 0.717) is 5.56 Å². The molecular formula is C35H56N4O10. The Labute approximate surface area is 290 Å². The van der Waals surface area contributed by atoms with E-state index in [1.54, 1.807) is 113 Å². The fourth-order valence-electron chi connectivity index (χ4n) is 3.95. The molecule has 4 amide bonds. The van der Waals surface area contributed by atoms with Crippen LogP contribution in [0.4, 0.5) is 4.79 Å². The normalized spacial score (nSPS) is 14.0. The molecule has 0 aliphatic rings. The fourth-order valence-corrected chi connectivity index (χ4v) is 3.95. The summed E-state index contributed by atoms with van der Waals surface area (Å²) in [7, 11) is 0. The third-order valence-corrected chi connectivity index (χ3v) is 5.84. The van der Waals surface area contributed by atoms with Crippen LogP contribution in [0.15, 0.2) is 30.3 Å². The van der Waals surface area contributed by atoms with Crippen LogP contribution in [-0.4, -0.2) is 89.4 Å². The highest BCUT2D eigenvalue weighted by Crippen LogP contribution is 2.14. The highest BCUT2D eigenvalue weighted by Gasteiger charge is 2.35. The predicted octanol–water partition coefficient (Wildman–Crippen LogP) is 3.10. The summed E-state index contributed by atoms with van der Waals surface area (Å²) >= 11 is 0. The first-order valence-corrected chi connectivity index (χ1v) is 16.2. The van der Waals surface area contributed by atoms with Crippen LogP contribution in [0.25, 0.3) is 0 Å². The summed E-state index contributed by atoms with van der Waals surface area (Å²) in [6.45, 7) is 19.5. The van der Waals surface area contributed by atoms with Gasteiger partial charge in [0.05, 0.1) is 18.6 Å². The zero-order valence-electron chi connectivity index (χ0n) is 31.0. The van der Waals surface area contributed by atoms with Crippen molar-refractivity contribution in [2.75, 3.05) is 13.2 Å². The summed E-state index contributed by atoms with van der Waals surface area (Å²) < 4.78 is 21.8. The molecule has 0 saturated carbocycles. The number of esters is 2. The Hall–Kier alpha value is -4.20. The molecule has 1 aromatic carbocycles. The van der Waals surface area contributed by atoms with Gasteiger partial charge < -0.3 is 40.2 Å². The average molecular weight is 693 g/mol. The van der Waals surface area contributed by atoms with Crippen LogP contribution in [-0.2, 0) is 49.3 Å². The zero-order chi connectivity index (χ0) is 37.8. The summed E-state index contributed by atoms with van der Waals surface area (Å²) in [6, 6.07) is 4.73. The summed E-state index contributed by atoms with van der Waals surface area (Å²) in [5.41, 5.74) is -2.56. The second-order valence-corrected chi connectivity index (χ2v) is 15.5. The number of nitrogens with one attached hydrogen (secondary N) is 4. The van der Waals surface area contributed by atoms with Gasteiger partial charge in [-0.25, -0.2) is 9.59 Å². The number of hydrogen-bond donors (Lipinski definition) is 4. The molecule has 0 fully saturated rings. The largest absolute Gasteiger partial charge is 0.460 e. The van der Waals surface area contributed by atoms with E-state index in [1.165, 1.54) is 0 Å². The molecule has 1 rings (SSSR count). The molecular weight excluding hydrogens is 636 g/mol. The van der Waals surface area contributed by atoms with E-state index in [2.05, 4.69) is 21.3 Å². The minimum atomic E-state index is -1.53. The van der Waals surface area contributed by atoms with Crippen molar-refractivity contribution >= 4 is 35.8 Å². The van der Waals surface area contributed by atoms with Gasteiger partial charge in [0.15, 0.2) is 6.04 Å². The monoisotopic (exact) mass is 692 g/mol. The summed E-state index contributed by atoms with van der Waals surface area (Å²) in [4.78, 5) is 78.5. The van der Waals surface area contributed by atoms with Gasteiger partial charge in [-0.2, -0.15) is 0 Å². The van der Waals surface area contributed by atoms with Crippen molar-refractivity contribution in [2.24, 2.45) is 0 Å². The molecule has 3 atom stereocenters. The van der Waals surface area contributed by atoms with Crippen LogP contribution < -0.4 is 21.3 Å². The number of amides is 4. The number of ether oxygens (including phenoxy) is 4. The van der Waals surface area contributed by atoms with Crippen LogP contribution in [0.5, 0.6) is 0 Å². The second-order valence-electron chi connectivity index (χ2n) is 15.5. The van der Waals surface area contributed by atoms with E-state index in [9.17, 15) is 28.8 Å². The van der Waals surface area contributed by atoms with E-state index >= 15 is 0 Å². The summed E-state index contributed by atoms with van der Waals surface area (Å²) in [5, 5.41) is 10.0. The molecule has 0 unspecified atom stereocenters. The van der Waals surface area contributed by atoms with Crippen molar-refractivity contribution in [1.82, 2.24) is 21.3 Å². The van der Waals surface area contributed by atoms with Gasteiger partial charge in [-0.1, -0.05) is 30.3 Å². The summed E-state index contributed by atoms with van der Waals surface area (Å²) in [6.07, 6.45) is -1.41. The van der Waals surface area contributed by atoms with E-state index in [0.717, 1.165) is 0 Å². The van der Waals surface area contributed by atoms with Gasteiger partial charge in [0.2, 0.25) is 17.7 Å². The molecule has 14 nitrogen and oxygen atoms in total. The SMILES string of the molecule is CC(C)(C)OC[C@H](NC(=O)[C@H](CC(=O)OC(C)(C)C)NC(=O)[C@H](Cc1ccccc1)NC(=O)CNC(=O)OC(C)(C)C)C(=O)OC(C)(C)C. The Balaban J connectivity index is 3.35. The highest BCUT2D eigenvalue weighted by molar-refractivity contribution is 5.96. The van der Waals surface area contributed by atoms with Gasteiger partial charge in [-0.05, 0) is 88.6 Å². The molecule has 0 aliphatic carbocycles. The van der Waals surface area contributed by atoms with E-state index in [-0.39, 0.29) is 13.0 Å². The number of benzene rings is 1. The van der Waals surface area contributed by atoms with Gasteiger partial charge in [-0.3, -0.25) is 19.2 Å². The topological polar surface area (TPSA) is 187 Å². The Bertz CT molecular complexity index is 1290. The second kappa shape index (κ2) is 18.0. The lowest BCUT2D eigenvalue weighted by molar-refractivity contribution is -0.162. The predicted molar refractivity (Wildman–Crippen MR) is 182 cm³/mol. The number of rotatable bonds is 14. The van der Waals surface area contributed by atoms with Crippen molar-refractivity contribution in [2.45, 2.75) is 136 Å². The molecule has 0 heterocycles. The van der Waals surface area contributed by atoms with Crippen molar-refractivity contribution in [3.8, 4) is 0 Å². The molecule has 276 valence electrons. The Morgan fingerprint density at radius 1 is 0.612 bits per heavy atom. The number of alkyl carbamates (subject to hydrolysis) is 1. The van der Waals surface area contributed by atoms with Crippen molar-refractivity contribution in [1.29, 1.82) is 0 Å². The van der Waals surface area contributed by atoms with E-state index in [1.807, 2.05) is 0 Å². The maximum absolute atomic E-state index is 13.8. The van der Waals surface area contributed by atoms with Gasteiger partial charge >= 0.3 is 18.0 Å². The highest BCUT2D eigenvalue weighted by atomic mass is 16.6. The molecule has 0 aliphatic heterocycles. The van der Waals surface area contributed by atoms with Crippen LogP contribution in [0, 0.1) is 0 Å². The van der Waals surface area contributed by atoms with Crippen LogP contribution in [0.1, 0.15) is 95.1 Å². The molecule has 0 radical (unpaired) electrons. The lowest BCUT2D eigenvalue weighted by Crippen LogP contribution is -2.58. The smallest absolute Gasteiger partial charge is 0.408 e. The van der Waals surface area contributed by atoms with Gasteiger partial charge in [0.25, 0.3) is 0 Å². The van der Waals surface area contributed by atoms with E-state index in [4.69, 9.17) is 18.9 Å². The summed E-state index contributed by atoms with van der Waals surface area (Å²) in [5.74, 6) is -3.97. The lowest BCUT2D eigenvalue weighted by atomic mass is 10.0. The number of carbonyl (C=O) groups excluding carboxylic acids is 6. The number of carbonyl (C=O) groups is 6. The van der Waals surface area contributed by atoms with E-state index < -0.39 is 89.2 Å². The molecule has 14 heteroatoms. The minimum absolute atomic E-state index is 0.00554. The lowest BCUT2D eigenvalue weighted by Gasteiger charge is -2.29. The Morgan fingerprint density at radius 2 is 1.12 bits per heavy atom. The third kappa shape index (κ3) is 20.0. The maximum atomic E-state index is 13.8. The Morgan fingerprint density at radius 3 is 1.63 bits per heavy atom. The van der Waals surface area contributed by atoms with Crippen molar-refractivity contribution < 1.29 is 47.7 Å². The first-order valence-electron chi connectivity index (χ1n) is 16.2. The molecule has 0 saturated heterocycles. The number of hydrogen-bond acceptors (Lipinski definition) is 10. The fraction of sp³-hybridized carbons (Fsp3) is 0.657. The van der Waals surface area contributed by atoms with Gasteiger partial charge in [-0.15, -0.1) is 0 Å². The van der Waals surface area contributed by atoms with Gasteiger partial charge in [0.1, 0.15) is 35.4 Å². The van der Waals surface area contributed by atoms with Crippen LogP contribution in [0.2, 0.25) is 0 Å². The average Bonchev–Trinajstić information content (AvgIpc) is 2.90. The van der Waals surface area contributed by atoms with Crippen LogP contribution in [0.3, 0.4) is 0 Å². The first kappa shape index (κ1) is 42.8. The first-order chi connectivity index (χ1) is 22.2. The minimum Gasteiger partial charge on any atom is -0.460 e. The third-order valence-electron chi connectivity index (χ3n) is 5.84. The standard InChI is InChI=1S/C35H56N4O10/c1-32(2,3)46-21-25(30(44)48-34(7,8)9)39-29(43)24(19-27(41)47-33(4,5)6)38-28(42)23(18-22-16-14-13-15-17-22)37-26(40)20-36-31(45)49-35(10,11)12/h13-17,23-25H,18-21H2,1-12H3,(H,36,45)(H,37,40)(H,38,42)(H,39,43)/t23-,24-,25-/m0/s1. The maximum Gasteiger partial charge on any atom is 0.408 e. The van der Waals surface area contributed by atoms with Crippen LogP contribution >= 0.6 is 0 Å². The molecule has 0 aromatic heterocycles. The molecule has 0 bridgehead atoms.